The number of hydrogen-bond acceptors (Lipinski definition) is 7. The first-order chi connectivity index (χ1) is 11.8. The second-order valence-corrected chi connectivity index (χ2v) is 7.45. The standard InChI is InChI=1S/C15H14N2O6S2/c1-2-7-16-25(21,22)13-5-3-12(4-6-13)15(18)23-9-11-8-14(17(19)20)24-10-11/h2-6,8,10,16H,1,7,9H2. The highest BCUT2D eigenvalue weighted by Crippen LogP contribution is 2.23. The number of esters is 1. The smallest absolute Gasteiger partial charge is 0.338 e. The monoisotopic (exact) mass is 382 g/mol. The maximum atomic E-state index is 12.0. The third-order valence-electron chi connectivity index (χ3n) is 3.01. The Bertz CT molecular complexity index is 887. The molecule has 0 aliphatic heterocycles. The lowest BCUT2D eigenvalue weighted by Crippen LogP contribution is -2.23. The van der Waals surface area contributed by atoms with E-state index in [4.69, 9.17) is 4.74 Å². The van der Waals surface area contributed by atoms with Crippen LogP contribution in [0, 0.1) is 10.1 Å². The molecule has 0 saturated carbocycles. The van der Waals surface area contributed by atoms with Gasteiger partial charge in [-0.1, -0.05) is 17.4 Å². The van der Waals surface area contributed by atoms with Crippen molar-refractivity contribution in [3.63, 3.8) is 0 Å². The molecule has 2 rings (SSSR count). The van der Waals surface area contributed by atoms with E-state index < -0.39 is 20.9 Å². The van der Waals surface area contributed by atoms with Crippen LogP contribution < -0.4 is 4.72 Å². The molecule has 132 valence electrons. The summed E-state index contributed by atoms with van der Waals surface area (Å²) in [5.74, 6) is -0.656. The summed E-state index contributed by atoms with van der Waals surface area (Å²) in [5.41, 5.74) is 0.685. The van der Waals surface area contributed by atoms with Crippen LogP contribution in [0.4, 0.5) is 5.00 Å². The second kappa shape index (κ2) is 8.01. The van der Waals surface area contributed by atoms with Crippen LogP contribution in [0.1, 0.15) is 15.9 Å². The van der Waals surface area contributed by atoms with Crippen molar-refractivity contribution in [3.8, 4) is 0 Å². The molecular weight excluding hydrogens is 368 g/mol. The lowest BCUT2D eigenvalue weighted by molar-refractivity contribution is -0.380. The van der Waals surface area contributed by atoms with Crippen molar-refractivity contribution in [2.75, 3.05) is 6.54 Å². The molecule has 0 fully saturated rings. The Kier molecular flexibility index (Phi) is 6.02. The largest absolute Gasteiger partial charge is 0.457 e. The molecule has 0 saturated heterocycles. The van der Waals surface area contributed by atoms with Crippen molar-refractivity contribution >= 4 is 32.3 Å². The first-order valence-corrected chi connectivity index (χ1v) is 9.29. The number of nitrogens with zero attached hydrogens (tertiary/aromatic N) is 1. The van der Waals surface area contributed by atoms with Crippen LogP contribution in [0.3, 0.4) is 0 Å². The van der Waals surface area contributed by atoms with Gasteiger partial charge < -0.3 is 4.74 Å². The fraction of sp³-hybridized carbons (Fsp3) is 0.133. The third kappa shape index (κ3) is 4.95. The summed E-state index contributed by atoms with van der Waals surface area (Å²) in [7, 11) is -3.66. The number of thiophene rings is 1. The number of rotatable bonds is 8. The first kappa shape index (κ1) is 18.8. The van der Waals surface area contributed by atoms with E-state index in [0.29, 0.717) is 5.56 Å². The molecular formula is C15H14N2O6S2. The Labute approximate surface area is 148 Å². The van der Waals surface area contributed by atoms with Crippen LogP contribution in [-0.2, 0) is 21.4 Å². The SMILES string of the molecule is C=CCNS(=O)(=O)c1ccc(C(=O)OCc2csc([N+](=O)[O-])c2)cc1. The zero-order valence-electron chi connectivity index (χ0n) is 12.9. The number of sulfonamides is 1. The molecule has 0 spiro atoms. The molecule has 10 heteroatoms. The molecule has 25 heavy (non-hydrogen) atoms. The number of benzene rings is 1. The van der Waals surface area contributed by atoms with Gasteiger partial charge in [-0.2, -0.15) is 0 Å². The molecule has 0 aliphatic carbocycles. The van der Waals surface area contributed by atoms with Crippen LogP contribution in [0.2, 0.25) is 0 Å². The first-order valence-electron chi connectivity index (χ1n) is 6.93. The highest BCUT2D eigenvalue weighted by Gasteiger charge is 2.15. The second-order valence-electron chi connectivity index (χ2n) is 4.79. The molecule has 2 aromatic rings. The molecule has 0 unspecified atom stereocenters. The van der Waals surface area contributed by atoms with Crippen molar-refractivity contribution in [3.05, 3.63) is 69.6 Å². The van der Waals surface area contributed by atoms with E-state index in [1.165, 1.54) is 41.8 Å². The van der Waals surface area contributed by atoms with Gasteiger partial charge in [-0.3, -0.25) is 10.1 Å². The Hall–Kier alpha value is -2.56. The third-order valence-corrected chi connectivity index (χ3v) is 5.38. The van der Waals surface area contributed by atoms with Gasteiger partial charge in [0.25, 0.3) is 0 Å². The average Bonchev–Trinajstić information content (AvgIpc) is 3.07. The van der Waals surface area contributed by atoms with Gasteiger partial charge in [0, 0.05) is 23.6 Å². The molecule has 1 heterocycles. The summed E-state index contributed by atoms with van der Waals surface area (Å²) < 4.78 is 31.2. The van der Waals surface area contributed by atoms with Crippen LogP contribution in [-0.4, -0.2) is 25.9 Å². The van der Waals surface area contributed by atoms with E-state index in [0.717, 1.165) is 11.3 Å². The van der Waals surface area contributed by atoms with Gasteiger partial charge in [-0.05, 0) is 24.3 Å². The predicted octanol–water partition coefficient (Wildman–Crippen LogP) is 2.48. The summed E-state index contributed by atoms with van der Waals surface area (Å²) in [6.45, 7) is 3.42. The number of nitro groups is 1. The minimum atomic E-state index is -3.66. The number of hydrogen-bond donors (Lipinski definition) is 1. The summed E-state index contributed by atoms with van der Waals surface area (Å²) in [6.07, 6.45) is 1.41. The minimum absolute atomic E-state index is 0.0133. The fourth-order valence-corrected chi connectivity index (χ4v) is 3.50. The molecule has 8 nitrogen and oxygen atoms in total. The van der Waals surface area contributed by atoms with Gasteiger partial charge in [-0.25, -0.2) is 17.9 Å². The number of ether oxygens (including phenoxy) is 1. The van der Waals surface area contributed by atoms with Crippen molar-refractivity contribution < 1.29 is 22.9 Å². The van der Waals surface area contributed by atoms with E-state index in [1.54, 1.807) is 0 Å². The molecule has 1 aromatic carbocycles. The molecule has 0 atom stereocenters. The molecule has 0 bridgehead atoms. The Morgan fingerprint density at radius 2 is 2.04 bits per heavy atom. The molecule has 0 amide bonds. The predicted molar refractivity (Wildman–Crippen MR) is 91.9 cm³/mol. The van der Waals surface area contributed by atoms with Crippen LogP contribution in [0.25, 0.3) is 0 Å². The van der Waals surface area contributed by atoms with Gasteiger partial charge in [0.1, 0.15) is 6.61 Å². The quantitative estimate of drug-likeness (QED) is 0.324. The van der Waals surface area contributed by atoms with E-state index in [2.05, 4.69) is 11.3 Å². The normalized spacial score (nSPS) is 11.0. The minimum Gasteiger partial charge on any atom is -0.457 e. The van der Waals surface area contributed by atoms with Crippen molar-refractivity contribution in [1.29, 1.82) is 0 Å². The Balaban J connectivity index is 2.00. The van der Waals surface area contributed by atoms with Gasteiger partial charge in [0.15, 0.2) is 0 Å². The summed E-state index contributed by atoms with van der Waals surface area (Å²) in [5, 5.41) is 12.1. The zero-order chi connectivity index (χ0) is 18.4. The lowest BCUT2D eigenvalue weighted by Gasteiger charge is -2.06. The molecule has 0 aliphatic rings. The fourth-order valence-electron chi connectivity index (χ4n) is 1.79. The van der Waals surface area contributed by atoms with E-state index >= 15 is 0 Å². The van der Waals surface area contributed by atoms with Crippen molar-refractivity contribution in [1.82, 2.24) is 4.72 Å². The van der Waals surface area contributed by atoms with E-state index in [-0.39, 0.29) is 28.6 Å². The molecule has 1 aromatic heterocycles. The van der Waals surface area contributed by atoms with Crippen molar-refractivity contribution in [2.24, 2.45) is 0 Å². The topological polar surface area (TPSA) is 116 Å². The zero-order valence-corrected chi connectivity index (χ0v) is 14.5. The number of nitrogens with one attached hydrogen (secondary N) is 1. The molecule has 0 radical (unpaired) electrons. The summed E-state index contributed by atoms with van der Waals surface area (Å²) in [6, 6.07) is 6.58. The maximum Gasteiger partial charge on any atom is 0.338 e. The summed E-state index contributed by atoms with van der Waals surface area (Å²) in [4.78, 5) is 22.1. The van der Waals surface area contributed by atoms with Crippen molar-refractivity contribution in [2.45, 2.75) is 11.5 Å². The van der Waals surface area contributed by atoms with Gasteiger partial charge in [-0.15, -0.1) is 6.58 Å². The van der Waals surface area contributed by atoms with Gasteiger partial charge >= 0.3 is 11.0 Å². The number of carbonyl (C=O) groups excluding carboxylic acids is 1. The van der Waals surface area contributed by atoms with Gasteiger partial charge in [0.05, 0.1) is 15.4 Å². The molecule has 1 N–H and O–H groups in total. The summed E-state index contributed by atoms with van der Waals surface area (Å²) >= 11 is 0.945. The van der Waals surface area contributed by atoms with E-state index in [1.807, 2.05) is 0 Å². The van der Waals surface area contributed by atoms with Crippen LogP contribution in [0.15, 0.2) is 53.3 Å². The number of carbonyl (C=O) groups is 1. The lowest BCUT2D eigenvalue weighted by atomic mass is 10.2. The Morgan fingerprint density at radius 3 is 2.60 bits per heavy atom. The highest BCUT2D eigenvalue weighted by molar-refractivity contribution is 7.89. The van der Waals surface area contributed by atoms with Crippen LogP contribution in [0.5, 0.6) is 0 Å². The van der Waals surface area contributed by atoms with Gasteiger partial charge in [0.2, 0.25) is 10.0 Å². The maximum absolute atomic E-state index is 12.0. The Morgan fingerprint density at radius 1 is 1.36 bits per heavy atom. The van der Waals surface area contributed by atoms with Crippen LogP contribution >= 0.6 is 11.3 Å². The average molecular weight is 382 g/mol. The highest BCUT2D eigenvalue weighted by atomic mass is 32.2. The van der Waals surface area contributed by atoms with E-state index in [9.17, 15) is 23.3 Å².